The Morgan fingerprint density at radius 1 is 0.821 bits per heavy atom. The van der Waals surface area contributed by atoms with Crippen LogP contribution >= 0.6 is 7.60 Å². The highest BCUT2D eigenvalue weighted by Gasteiger charge is 2.32. The summed E-state index contributed by atoms with van der Waals surface area (Å²) in [4.78, 5) is 18.6. The molecule has 1 aromatic carbocycles. The van der Waals surface area contributed by atoms with Gasteiger partial charge in [0.1, 0.15) is 0 Å². The van der Waals surface area contributed by atoms with Crippen molar-refractivity contribution in [1.82, 2.24) is 0 Å². The van der Waals surface area contributed by atoms with Crippen molar-refractivity contribution in [2.45, 2.75) is 26.6 Å². The molecule has 150 valence electrons. The van der Waals surface area contributed by atoms with Gasteiger partial charge in [-0.05, 0) is 36.1 Å². The molecule has 2 heterocycles. The van der Waals surface area contributed by atoms with Gasteiger partial charge in [0.25, 0.3) is 5.78 Å². The summed E-state index contributed by atoms with van der Waals surface area (Å²) in [5.74, 6) is -0.876. The lowest BCUT2D eigenvalue weighted by atomic mass is 10.1. The number of aryl methyl sites for hydroxylation is 2. The Hall–Kier alpha value is -1.75. The number of nitrogens with zero attached hydrogens (tertiary/aromatic N) is 2. The maximum absolute atomic E-state index is 11.4. The number of benzene rings is 1. The van der Waals surface area contributed by atoms with Crippen LogP contribution in [0.3, 0.4) is 0 Å². The summed E-state index contributed by atoms with van der Waals surface area (Å²) in [6.45, 7) is 5.68. The summed E-state index contributed by atoms with van der Waals surface area (Å²) >= 11 is 0. The largest absolute Gasteiger partial charge is 1.00 e. The zero-order valence-electron chi connectivity index (χ0n) is 15.8. The van der Waals surface area contributed by atoms with Crippen LogP contribution in [0.25, 0.3) is 16.8 Å². The first-order chi connectivity index (χ1) is 12.2. The molecule has 0 amide bonds. The molecule has 28 heavy (non-hydrogen) atoms. The molecule has 3 rings (SSSR count). The van der Waals surface area contributed by atoms with Crippen molar-refractivity contribution in [3.8, 4) is 16.8 Å². The molecule has 0 fully saturated rings. The van der Waals surface area contributed by atoms with E-state index >= 15 is 0 Å². The number of pyridine rings is 2. The van der Waals surface area contributed by atoms with Crippen LogP contribution in [0.1, 0.15) is 23.8 Å². The zero-order chi connectivity index (χ0) is 18.9. The molecule has 5 nitrogen and oxygen atoms in total. The van der Waals surface area contributed by atoms with Crippen LogP contribution in [-0.2, 0) is 4.57 Å². The van der Waals surface area contributed by atoms with Gasteiger partial charge in [-0.1, -0.05) is 6.07 Å². The van der Waals surface area contributed by atoms with E-state index in [4.69, 9.17) is 0 Å². The first-order valence-electron chi connectivity index (χ1n) is 8.40. The topological polar surface area (TPSA) is 65.3 Å². The molecule has 0 aliphatic heterocycles. The second-order valence-corrected chi connectivity index (χ2v) is 8.52. The number of hydrogen-bond donors (Lipinski definition) is 2. The highest BCUT2D eigenvalue weighted by atomic mass is 35.5. The summed E-state index contributed by atoms with van der Waals surface area (Å²) in [5.41, 5.74) is 5.61. The van der Waals surface area contributed by atoms with Crippen LogP contribution in [0.15, 0.2) is 67.3 Å². The minimum absolute atomic E-state index is 0. The SMILES string of the molecule is Cc1cc(C)cc(-[n+]2ccc(-c3cc[n+](C(C)P(=O)(O)O)cc3)cc2)c1.[Cl-].[Cl-]. The van der Waals surface area contributed by atoms with E-state index in [-0.39, 0.29) is 24.8 Å². The zero-order valence-corrected chi connectivity index (χ0v) is 18.2. The normalized spacial score (nSPS) is 11.9. The Labute approximate surface area is 177 Å². The standard InChI is InChI=1S/C20H21N2O3P.2ClH/c1-15-12-16(2)14-20(13-15)22-10-6-19(7-11-22)18-4-8-21(9-5-18)17(3)26(23,24)25;;/h4-14,17H,1-3H3;2*1H. The van der Waals surface area contributed by atoms with E-state index in [1.54, 1.807) is 12.4 Å². The van der Waals surface area contributed by atoms with Crippen LogP contribution in [0, 0.1) is 13.8 Å². The van der Waals surface area contributed by atoms with Gasteiger partial charge < -0.3 is 34.6 Å². The van der Waals surface area contributed by atoms with Gasteiger partial charge in [0.15, 0.2) is 24.8 Å². The Bertz CT molecular complexity index is 953. The quantitative estimate of drug-likeness (QED) is 0.341. The average molecular weight is 441 g/mol. The Morgan fingerprint density at radius 2 is 1.25 bits per heavy atom. The third-order valence-corrected chi connectivity index (χ3v) is 5.68. The molecule has 8 heteroatoms. The van der Waals surface area contributed by atoms with Crippen molar-refractivity contribution < 1.29 is 48.3 Å². The fraction of sp³-hybridized carbons (Fsp3) is 0.200. The lowest BCUT2D eigenvalue weighted by molar-refractivity contribution is -0.701. The second-order valence-electron chi connectivity index (χ2n) is 6.59. The van der Waals surface area contributed by atoms with Crippen molar-refractivity contribution in [2.75, 3.05) is 0 Å². The third-order valence-electron chi connectivity index (χ3n) is 4.44. The fourth-order valence-corrected chi connectivity index (χ4v) is 3.45. The molecule has 0 aliphatic rings. The molecule has 0 saturated heterocycles. The summed E-state index contributed by atoms with van der Waals surface area (Å²) in [7, 11) is -4.15. The number of halogens is 2. The van der Waals surface area contributed by atoms with Crippen molar-refractivity contribution in [1.29, 1.82) is 0 Å². The maximum atomic E-state index is 11.4. The van der Waals surface area contributed by atoms with Crippen LogP contribution in [-0.4, -0.2) is 9.79 Å². The monoisotopic (exact) mass is 440 g/mol. The van der Waals surface area contributed by atoms with Gasteiger partial charge in [0.2, 0.25) is 5.69 Å². The number of rotatable bonds is 4. The second kappa shape index (κ2) is 9.64. The highest BCUT2D eigenvalue weighted by Crippen LogP contribution is 2.45. The number of aromatic nitrogens is 2. The van der Waals surface area contributed by atoms with Gasteiger partial charge in [0, 0.05) is 43.3 Å². The predicted molar refractivity (Wildman–Crippen MR) is 99.8 cm³/mol. The Balaban J connectivity index is 0.00000196. The molecule has 0 aliphatic carbocycles. The van der Waals surface area contributed by atoms with Crippen LogP contribution in [0.4, 0.5) is 0 Å². The van der Waals surface area contributed by atoms with E-state index in [0.717, 1.165) is 16.8 Å². The van der Waals surface area contributed by atoms with Gasteiger partial charge in [-0.25, -0.2) is 0 Å². The summed E-state index contributed by atoms with van der Waals surface area (Å²) < 4.78 is 15.0. The summed E-state index contributed by atoms with van der Waals surface area (Å²) in [6, 6.07) is 14.2. The van der Waals surface area contributed by atoms with Crippen molar-refractivity contribution >= 4 is 7.60 Å². The van der Waals surface area contributed by atoms with Gasteiger partial charge in [-0.2, -0.15) is 9.13 Å². The summed E-state index contributed by atoms with van der Waals surface area (Å²) in [6.07, 6.45) is 7.43. The van der Waals surface area contributed by atoms with Crippen LogP contribution < -0.4 is 33.9 Å². The van der Waals surface area contributed by atoms with Crippen LogP contribution in [0.5, 0.6) is 0 Å². The smallest absolute Gasteiger partial charge is 0.392 e. The minimum atomic E-state index is -4.15. The molecule has 0 bridgehead atoms. The van der Waals surface area contributed by atoms with E-state index < -0.39 is 13.4 Å². The molecule has 1 unspecified atom stereocenters. The molecule has 3 aromatic rings. The van der Waals surface area contributed by atoms with Gasteiger partial charge in [0.05, 0.1) is 0 Å². The van der Waals surface area contributed by atoms with Gasteiger partial charge in [-0.15, -0.1) is 0 Å². The highest BCUT2D eigenvalue weighted by molar-refractivity contribution is 7.51. The van der Waals surface area contributed by atoms with Crippen LogP contribution in [0.2, 0.25) is 0 Å². The fourth-order valence-electron chi connectivity index (χ4n) is 2.94. The Morgan fingerprint density at radius 3 is 1.68 bits per heavy atom. The molecule has 2 aromatic heterocycles. The Kier molecular flexibility index (Phi) is 8.36. The van der Waals surface area contributed by atoms with E-state index in [1.807, 2.05) is 36.7 Å². The third kappa shape index (κ3) is 5.63. The molecular weight excluding hydrogens is 418 g/mol. The predicted octanol–water partition coefficient (Wildman–Crippen LogP) is -2.76. The van der Waals surface area contributed by atoms with E-state index in [9.17, 15) is 14.4 Å². The van der Waals surface area contributed by atoms with Crippen molar-refractivity contribution in [2.24, 2.45) is 0 Å². The minimum Gasteiger partial charge on any atom is -1.00 e. The van der Waals surface area contributed by atoms with E-state index in [1.165, 1.54) is 22.6 Å². The molecule has 2 N–H and O–H groups in total. The molecule has 1 atom stereocenters. The van der Waals surface area contributed by atoms with Gasteiger partial charge >= 0.3 is 7.60 Å². The average Bonchev–Trinajstić information content (AvgIpc) is 2.60. The molecule has 0 radical (unpaired) electrons. The lowest BCUT2D eigenvalue weighted by Gasteiger charge is -2.09. The first kappa shape index (κ1) is 24.3. The van der Waals surface area contributed by atoms with Crippen molar-refractivity contribution in [3.63, 3.8) is 0 Å². The van der Waals surface area contributed by atoms with E-state index in [2.05, 4.69) is 36.6 Å². The molecule has 0 spiro atoms. The van der Waals surface area contributed by atoms with Gasteiger partial charge in [-0.3, -0.25) is 4.57 Å². The molecular formula is C20H23Cl2N2O3P. The number of hydrogen-bond acceptors (Lipinski definition) is 1. The summed E-state index contributed by atoms with van der Waals surface area (Å²) in [5, 5.41) is 0. The first-order valence-corrected chi connectivity index (χ1v) is 10.1. The maximum Gasteiger partial charge on any atom is 0.392 e. The van der Waals surface area contributed by atoms with Crippen molar-refractivity contribution in [3.05, 3.63) is 78.4 Å². The van der Waals surface area contributed by atoms with E-state index in [0.29, 0.717) is 0 Å². The molecule has 0 saturated carbocycles. The lowest BCUT2D eigenvalue weighted by Crippen LogP contribution is -3.00.